The van der Waals surface area contributed by atoms with Crippen LogP contribution in [-0.2, 0) is 0 Å². The molecule has 0 saturated carbocycles. The number of benzene rings is 2. The molecule has 1 aliphatic rings. The van der Waals surface area contributed by atoms with Crippen molar-refractivity contribution >= 4 is 17.5 Å². The first-order valence-electron chi connectivity index (χ1n) is 8.28. The second kappa shape index (κ2) is 7.31. The third-order valence-electron chi connectivity index (χ3n) is 4.05. The van der Waals surface area contributed by atoms with Crippen LogP contribution in [0.25, 0.3) is 10.4 Å². The van der Waals surface area contributed by atoms with E-state index in [1.165, 1.54) is 18.2 Å². The number of fused-ring (bicyclic) bond motifs is 2. The molecule has 0 fully saturated rings. The summed E-state index contributed by atoms with van der Waals surface area (Å²) in [5.74, 6) is -1.32. The van der Waals surface area contributed by atoms with Gasteiger partial charge in [-0.05, 0) is 42.7 Å². The SMILES string of the molecule is CCOc1cccc2c1C(=O)c1c(OCC)cc(C(=O)N=[N+]=[N-])cc1C2=O. The summed E-state index contributed by atoms with van der Waals surface area (Å²) in [6, 6.07) is 7.34. The molecule has 1 amide bonds. The number of ketones is 2. The molecule has 27 heavy (non-hydrogen) atoms. The summed E-state index contributed by atoms with van der Waals surface area (Å²) in [5, 5.41) is 3.04. The van der Waals surface area contributed by atoms with E-state index in [0.717, 1.165) is 0 Å². The molecule has 1 aliphatic carbocycles. The molecule has 0 aliphatic heterocycles. The van der Waals surface area contributed by atoms with E-state index in [4.69, 9.17) is 15.0 Å². The summed E-state index contributed by atoms with van der Waals surface area (Å²) in [7, 11) is 0. The van der Waals surface area contributed by atoms with Crippen molar-refractivity contribution in [2.24, 2.45) is 5.11 Å². The van der Waals surface area contributed by atoms with Crippen LogP contribution in [-0.4, -0.2) is 30.7 Å². The zero-order valence-electron chi connectivity index (χ0n) is 14.7. The molecule has 0 saturated heterocycles. The Morgan fingerprint density at radius 2 is 1.67 bits per heavy atom. The van der Waals surface area contributed by atoms with Crippen LogP contribution in [0.4, 0.5) is 0 Å². The fraction of sp³-hybridized carbons (Fsp3) is 0.211. The van der Waals surface area contributed by atoms with Crippen molar-refractivity contribution in [1.82, 2.24) is 0 Å². The number of amides is 1. The largest absolute Gasteiger partial charge is 0.493 e. The lowest BCUT2D eigenvalue weighted by Crippen LogP contribution is -2.23. The zero-order chi connectivity index (χ0) is 19.6. The highest BCUT2D eigenvalue weighted by Crippen LogP contribution is 2.38. The second-order valence-electron chi connectivity index (χ2n) is 5.59. The van der Waals surface area contributed by atoms with Crippen molar-refractivity contribution in [2.45, 2.75) is 13.8 Å². The third kappa shape index (κ3) is 3.02. The van der Waals surface area contributed by atoms with E-state index in [2.05, 4.69) is 10.0 Å². The standard InChI is InChI=1S/C19H15N3O5/c1-3-26-13-7-5-6-11-15(13)18(24)16-12(17(11)23)8-10(19(25)21-22-20)9-14(16)27-4-2/h5-9H,3-4H2,1-2H3. The Hall–Kier alpha value is -3.64. The van der Waals surface area contributed by atoms with Crippen LogP contribution >= 0.6 is 0 Å². The van der Waals surface area contributed by atoms with Gasteiger partial charge in [-0.15, -0.1) is 0 Å². The molecule has 2 aromatic rings. The van der Waals surface area contributed by atoms with E-state index < -0.39 is 17.5 Å². The van der Waals surface area contributed by atoms with Gasteiger partial charge in [-0.3, -0.25) is 14.4 Å². The highest BCUT2D eigenvalue weighted by atomic mass is 16.5. The normalized spacial score (nSPS) is 11.9. The molecule has 2 aromatic carbocycles. The van der Waals surface area contributed by atoms with Crippen LogP contribution in [0.5, 0.6) is 11.5 Å². The Morgan fingerprint density at radius 3 is 2.33 bits per heavy atom. The van der Waals surface area contributed by atoms with Gasteiger partial charge in [0, 0.05) is 21.6 Å². The van der Waals surface area contributed by atoms with Gasteiger partial charge in [0.1, 0.15) is 11.5 Å². The van der Waals surface area contributed by atoms with E-state index in [1.54, 1.807) is 26.0 Å². The maximum atomic E-state index is 13.2. The average molecular weight is 365 g/mol. The van der Waals surface area contributed by atoms with Gasteiger partial charge in [0.15, 0.2) is 5.78 Å². The summed E-state index contributed by atoms with van der Waals surface area (Å²) in [6.45, 7) is 4.04. The Balaban J connectivity index is 2.28. The minimum Gasteiger partial charge on any atom is -0.493 e. The number of ether oxygens (including phenoxy) is 2. The Morgan fingerprint density at radius 1 is 1.00 bits per heavy atom. The molecule has 0 radical (unpaired) electrons. The highest BCUT2D eigenvalue weighted by Gasteiger charge is 2.35. The highest BCUT2D eigenvalue weighted by molar-refractivity contribution is 6.30. The van der Waals surface area contributed by atoms with Crippen LogP contribution in [0.15, 0.2) is 35.4 Å². The van der Waals surface area contributed by atoms with Crippen molar-refractivity contribution in [2.75, 3.05) is 13.2 Å². The topological polar surface area (TPSA) is 118 Å². The summed E-state index contributed by atoms with van der Waals surface area (Å²) in [5.41, 5.74) is 8.92. The van der Waals surface area contributed by atoms with Crippen LogP contribution in [0.3, 0.4) is 0 Å². The summed E-state index contributed by atoms with van der Waals surface area (Å²) >= 11 is 0. The molecule has 0 spiro atoms. The van der Waals surface area contributed by atoms with Crippen molar-refractivity contribution in [1.29, 1.82) is 0 Å². The van der Waals surface area contributed by atoms with Crippen LogP contribution in [0.2, 0.25) is 0 Å². The minimum absolute atomic E-state index is 0.0273. The quantitative estimate of drug-likeness (QED) is 0.388. The van der Waals surface area contributed by atoms with E-state index in [9.17, 15) is 14.4 Å². The van der Waals surface area contributed by atoms with E-state index in [0.29, 0.717) is 12.4 Å². The van der Waals surface area contributed by atoms with Crippen molar-refractivity contribution in [3.8, 4) is 11.5 Å². The first kappa shape index (κ1) is 18.2. The number of rotatable bonds is 5. The molecule has 0 heterocycles. The first-order valence-corrected chi connectivity index (χ1v) is 8.28. The lowest BCUT2D eigenvalue weighted by atomic mass is 9.82. The molecule has 8 heteroatoms. The molecule has 3 rings (SSSR count). The Labute approximate surface area is 154 Å². The van der Waals surface area contributed by atoms with Gasteiger partial charge in [0.2, 0.25) is 11.7 Å². The van der Waals surface area contributed by atoms with Crippen molar-refractivity contribution < 1.29 is 23.9 Å². The van der Waals surface area contributed by atoms with Crippen LogP contribution < -0.4 is 9.47 Å². The van der Waals surface area contributed by atoms with Gasteiger partial charge >= 0.3 is 0 Å². The smallest absolute Gasteiger partial charge is 0.249 e. The fourth-order valence-corrected chi connectivity index (χ4v) is 3.02. The van der Waals surface area contributed by atoms with Gasteiger partial charge in [0.25, 0.3) is 0 Å². The van der Waals surface area contributed by atoms with Gasteiger partial charge in [-0.25, -0.2) is 0 Å². The number of hydrogen-bond acceptors (Lipinski definition) is 5. The average Bonchev–Trinajstić information content (AvgIpc) is 2.66. The van der Waals surface area contributed by atoms with E-state index in [1.807, 2.05) is 0 Å². The molecule has 8 nitrogen and oxygen atoms in total. The molecular weight excluding hydrogens is 350 g/mol. The lowest BCUT2D eigenvalue weighted by molar-refractivity contribution is 0.0969. The number of hydrogen-bond donors (Lipinski definition) is 0. The minimum atomic E-state index is -0.865. The monoisotopic (exact) mass is 365 g/mol. The number of nitrogens with zero attached hydrogens (tertiary/aromatic N) is 3. The lowest BCUT2D eigenvalue weighted by Gasteiger charge is -2.22. The first-order chi connectivity index (χ1) is 13.0. The van der Waals surface area contributed by atoms with Crippen molar-refractivity contribution in [3.05, 3.63) is 68.6 Å². The molecule has 0 aromatic heterocycles. The maximum absolute atomic E-state index is 13.2. The van der Waals surface area contributed by atoms with Crippen LogP contribution in [0, 0.1) is 0 Å². The molecule has 0 atom stereocenters. The zero-order valence-corrected chi connectivity index (χ0v) is 14.7. The predicted molar refractivity (Wildman–Crippen MR) is 95.6 cm³/mol. The Bertz CT molecular complexity index is 1020. The number of carbonyl (C=O) groups excluding carboxylic acids is 3. The molecule has 0 N–H and O–H groups in total. The predicted octanol–water partition coefficient (Wildman–Crippen LogP) is 3.71. The summed E-state index contributed by atoms with van der Waals surface area (Å²) in [4.78, 5) is 40.6. The summed E-state index contributed by atoms with van der Waals surface area (Å²) < 4.78 is 11.0. The fourth-order valence-electron chi connectivity index (χ4n) is 3.02. The third-order valence-corrected chi connectivity index (χ3v) is 4.05. The maximum Gasteiger partial charge on any atom is 0.249 e. The van der Waals surface area contributed by atoms with Gasteiger partial charge < -0.3 is 9.47 Å². The number of carbonyl (C=O) groups is 3. The number of azide groups is 1. The molecule has 136 valence electrons. The molecule has 0 bridgehead atoms. The molecule has 0 unspecified atom stereocenters. The van der Waals surface area contributed by atoms with Gasteiger partial charge in [-0.2, -0.15) is 0 Å². The van der Waals surface area contributed by atoms with Crippen molar-refractivity contribution in [3.63, 3.8) is 0 Å². The van der Waals surface area contributed by atoms with Gasteiger partial charge in [-0.1, -0.05) is 12.1 Å². The van der Waals surface area contributed by atoms with Gasteiger partial charge in [0.05, 0.1) is 24.3 Å². The van der Waals surface area contributed by atoms with E-state index >= 15 is 0 Å². The second-order valence-corrected chi connectivity index (χ2v) is 5.59. The van der Waals surface area contributed by atoms with Crippen LogP contribution in [0.1, 0.15) is 56.0 Å². The molecular formula is C19H15N3O5. The Kier molecular flexibility index (Phi) is 4.92. The van der Waals surface area contributed by atoms with E-state index in [-0.39, 0.29) is 40.2 Å². The summed E-state index contributed by atoms with van der Waals surface area (Å²) in [6.07, 6.45) is 0.